The summed E-state index contributed by atoms with van der Waals surface area (Å²) in [7, 11) is 0. The molecular weight excluding hydrogens is 401 g/mol. The average Bonchev–Trinajstić information content (AvgIpc) is 3.23. The SMILES string of the molecule is C=CCOC(=O)c1sc(NC(=O)c2sc(-c3ccc(F)cc3)nc2C)nc1C. The second kappa shape index (κ2) is 8.41. The number of carbonyl (C=O) groups excluding carboxylic acids is 2. The lowest BCUT2D eigenvalue weighted by atomic mass is 10.2. The van der Waals surface area contributed by atoms with Gasteiger partial charge < -0.3 is 4.74 Å². The van der Waals surface area contributed by atoms with Crippen molar-refractivity contribution in [2.45, 2.75) is 13.8 Å². The molecule has 0 fully saturated rings. The maximum atomic E-state index is 13.1. The van der Waals surface area contributed by atoms with Gasteiger partial charge in [-0.1, -0.05) is 24.0 Å². The molecule has 0 saturated carbocycles. The van der Waals surface area contributed by atoms with Crippen LogP contribution in [0.15, 0.2) is 36.9 Å². The molecule has 2 aromatic heterocycles. The van der Waals surface area contributed by atoms with E-state index in [1.54, 1.807) is 26.0 Å². The predicted molar refractivity (Wildman–Crippen MR) is 108 cm³/mol. The molecule has 9 heteroatoms. The number of nitrogens with one attached hydrogen (secondary N) is 1. The number of rotatable bonds is 6. The minimum atomic E-state index is -0.511. The smallest absolute Gasteiger partial charge is 0.350 e. The number of esters is 1. The third-order valence-corrected chi connectivity index (χ3v) is 5.89. The molecule has 0 radical (unpaired) electrons. The second-order valence-corrected chi connectivity index (χ2v) is 7.71. The van der Waals surface area contributed by atoms with E-state index in [1.807, 2.05) is 0 Å². The first-order chi connectivity index (χ1) is 13.4. The molecule has 1 amide bonds. The molecule has 0 aliphatic carbocycles. The number of thiazole rings is 2. The molecule has 0 bridgehead atoms. The summed E-state index contributed by atoms with van der Waals surface area (Å²) in [6.45, 7) is 6.99. The van der Waals surface area contributed by atoms with Crippen LogP contribution in [0.3, 0.4) is 0 Å². The Balaban J connectivity index is 1.77. The van der Waals surface area contributed by atoms with E-state index in [4.69, 9.17) is 4.74 Å². The molecule has 1 N–H and O–H groups in total. The van der Waals surface area contributed by atoms with E-state index >= 15 is 0 Å². The fraction of sp³-hybridized carbons (Fsp3) is 0.158. The number of aryl methyl sites for hydroxylation is 2. The van der Waals surface area contributed by atoms with Gasteiger partial charge in [-0.05, 0) is 38.1 Å². The van der Waals surface area contributed by atoms with Crippen molar-refractivity contribution >= 4 is 39.7 Å². The molecule has 0 saturated heterocycles. The molecule has 1 aromatic carbocycles. The maximum Gasteiger partial charge on any atom is 0.350 e. The number of hydrogen-bond acceptors (Lipinski definition) is 7. The first-order valence-corrected chi connectivity index (χ1v) is 9.82. The zero-order valence-corrected chi connectivity index (χ0v) is 16.7. The predicted octanol–water partition coefficient (Wildman–Crippen LogP) is 4.62. The van der Waals surface area contributed by atoms with Crippen molar-refractivity contribution in [1.29, 1.82) is 0 Å². The van der Waals surface area contributed by atoms with Crippen molar-refractivity contribution in [1.82, 2.24) is 9.97 Å². The van der Waals surface area contributed by atoms with Crippen molar-refractivity contribution in [3.63, 3.8) is 0 Å². The van der Waals surface area contributed by atoms with Crippen LogP contribution in [0.4, 0.5) is 9.52 Å². The van der Waals surface area contributed by atoms with Gasteiger partial charge in [-0.2, -0.15) is 0 Å². The van der Waals surface area contributed by atoms with Crippen LogP contribution in [-0.2, 0) is 4.74 Å². The molecule has 0 aliphatic rings. The Hall–Kier alpha value is -2.91. The summed E-state index contributed by atoms with van der Waals surface area (Å²) < 4.78 is 18.1. The summed E-state index contributed by atoms with van der Waals surface area (Å²) in [5.41, 5.74) is 1.76. The second-order valence-electron chi connectivity index (χ2n) is 5.72. The number of halogens is 1. The van der Waals surface area contributed by atoms with E-state index in [0.717, 1.165) is 16.9 Å². The van der Waals surface area contributed by atoms with Crippen LogP contribution in [0.1, 0.15) is 30.7 Å². The fourth-order valence-corrected chi connectivity index (χ4v) is 4.14. The maximum absolute atomic E-state index is 13.1. The average molecular weight is 417 g/mol. The van der Waals surface area contributed by atoms with Gasteiger partial charge >= 0.3 is 5.97 Å². The lowest BCUT2D eigenvalue weighted by Crippen LogP contribution is -2.11. The van der Waals surface area contributed by atoms with Crippen LogP contribution in [-0.4, -0.2) is 28.5 Å². The van der Waals surface area contributed by atoms with Crippen molar-refractivity contribution in [2.24, 2.45) is 0 Å². The van der Waals surface area contributed by atoms with Gasteiger partial charge in [0.2, 0.25) is 0 Å². The topological polar surface area (TPSA) is 81.2 Å². The number of aromatic nitrogens is 2. The van der Waals surface area contributed by atoms with Gasteiger partial charge in [-0.3, -0.25) is 10.1 Å². The summed E-state index contributed by atoms with van der Waals surface area (Å²) >= 11 is 2.25. The third kappa shape index (κ3) is 4.32. The number of ether oxygens (including phenoxy) is 1. The highest BCUT2D eigenvalue weighted by molar-refractivity contribution is 7.18. The van der Waals surface area contributed by atoms with Crippen molar-refractivity contribution < 1.29 is 18.7 Å². The number of anilines is 1. The fourth-order valence-electron chi connectivity index (χ4n) is 2.32. The minimum Gasteiger partial charge on any atom is -0.457 e. The van der Waals surface area contributed by atoms with Gasteiger partial charge in [0, 0.05) is 5.56 Å². The zero-order chi connectivity index (χ0) is 20.3. The van der Waals surface area contributed by atoms with Crippen LogP contribution in [0.25, 0.3) is 10.6 Å². The molecule has 3 rings (SSSR count). The molecular formula is C19H16FN3O3S2. The zero-order valence-electron chi connectivity index (χ0n) is 15.1. The van der Waals surface area contributed by atoms with Crippen LogP contribution >= 0.6 is 22.7 Å². The quantitative estimate of drug-likeness (QED) is 0.468. The summed E-state index contributed by atoms with van der Waals surface area (Å²) in [5.74, 6) is -1.22. The highest BCUT2D eigenvalue weighted by atomic mass is 32.1. The Morgan fingerprint density at radius 2 is 1.82 bits per heavy atom. The normalized spacial score (nSPS) is 10.5. The molecule has 6 nitrogen and oxygen atoms in total. The highest BCUT2D eigenvalue weighted by Crippen LogP contribution is 2.30. The van der Waals surface area contributed by atoms with E-state index in [2.05, 4.69) is 21.9 Å². The molecule has 0 unspecified atom stereocenters. The highest BCUT2D eigenvalue weighted by Gasteiger charge is 2.21. The van der Waals surface area contributed by atoms with Crippen molar-refractivity contribution in [2.75, 3.05) is 11.9 Å². The van der Waals surface area contributed by atoms with Crippen molar-refractivity contribution in [3.8, 4) is 10.6 Å². The van der Waals surface area contributed by atoms with E-state index in [9.17, 15) is 14.0 Å². The van der Waals surface area contributed by atoms with Gasteiger partial charge in [0.25, 0.3) is 5.91 Å². The van der Waals surface area contributed by atoms with Gasteiger partial charge in [0.1, 0.15) is 27.2 Å². The molecule has 0 atom stereocenters. The number of hydrogen-bond donors (Lipinski definition) is 1. The minimum absolute atomic E-state index is 0.101. The lowest BCUT2D eigenvalue weighted by molar-refractivity contribution is 0.0554. The van der Waals surface area contributed by atoms with Crippen LogP contribution < -0.4 is 5.32 Å². The Morgan fingerprint density at radius 1 is 1.14 bits per heavy atom. The summed E-state index contributed by atoms with van der Waals surface area (Å²) in [6, 6.07) is 5.91. The van der Waals surface area contributed by atoms with Crippen LogP contribution in [0, 0.1) is 19.7 Å². The van der Waals surface area contributed by atoms with Crippen molar-refractivity contribution in [3.05, 3.63) is 63.9 Å². The largest absolute Gasteiger partial charge is 0.457 e. The van der Waals surface area contributed by atoms with E-state index in [-0.39, 0.29) is 18.3 Å². The van der Waals surface area contributed by atoms with Gasteiger partial charge in [-0.25, -0.2) is 19.2 Å². The van der Waals surface area contributed by atoms with Crippen LogP contribution in [0.5, 0.6) is 0 Å². The molecule has 144 valence electrons. The number of carbonyl (C=O) groups is 2. The standard InChI is InChI=1S/C19H16FN3O3S2/c1-4-9-26-18(25)15-11(3)22-19(28-15)23-16(24)14-10(2)21-17(27-14)12-5-7-13(20)8-6-12/h4-8H,1,9H2,2-3H3,(H,22,23,24). The van der Waals surface area contributed by atoms with Gasteiger partial charge in [0.05, 0.1) is 11.4 Å². The van der Waals surface area contributed by atoms with Gasteiger partial charge in [-0.15, -0.1) is 11.3 Å². The molecule has 28 heavy (non-hydrogen) atoms. The number of benzene rings is 1. The number of nitrogens with zero attached hydrogens (tertiary/aromatic N) is 2. The van der Waals surface area contributed by atoms with Gasteiger partial charge in [0.15, 0.2) is 5.13 Å². The van der Waals surface area contributed by atoms with Crippen LogP contribution in [0.2, 0.25) is 0 Å². The first kappa shape index (κ1) is 19.8. The van der Waals surface area contributed by atoms with E-state index in [0.29, 0.717) is 31.3 Å². The van der Waals surface area contributed by atoms with E-state index in [1.165, 1.54) is 29.5 Å². The summed E-state index contributed by atoms with van der Waals surface area (Å²) in [4.78, 5) is 34.0. The summed E-state index contributed by atoms with van der Waals surface area (Å²) in [5, 5.41) is 3.61. The molecule has 0 spiro atoms. The third-order valence-electron chi connectivity index (χ3n) is 3.63. The lowest BCUT2D eigenvalue weighted by Gasteiger charge is -1.99. The summed E-state index contributed by atoms with van der Waals surface area (Å²) in [6.07, 6.45) is 1.47. The Kier molecular flexibility index (Phi) is 5.96. The molecule has 2 heterocycles. The molecule has 3 aromatic rings. The van der Waals surface area contributed by atoms with E-state index < -0.39 is 5.97 Å². The Morgan fingerprint density at radius 3 is 2.50 bits per heavy atom. The Bertz CT molecular complexity index is 1040. The first-order valence-electron chi connectivity index (χ1n) is 8.19. The Labute approximate surface area is 168 Å². The number of amides is 1. The molecule has 0 aliphatic heterocycles. The monoisotopic (exact) mass is 417 g/mol.